The van der Waals surface area contributed by atoms with Crippen LogP contribution in [0.4, 0.5) is 0 Å². The van der Waals surface area contributed by atoms with Gasteiger partial charge in [-0.2, -0.15) is 8.42 Å². The summed E-state index contributed by atoms with van der Waals surface area (Å²) in [4.78, 5) is 27.5. The lowest BCUT2D eigenvalue weighted by Crippen LogP contribution is -2.16. The molecule has 226 valence electrons. The van der Waals surface area contributed by atoms with Crippen LogP contribution in [0, 0.1) is 0 Å². The van der Waals surface area contributed by atoms with Crippen LogP contribution in [0.2, 0.25) is 0 Å². The molecular formula is C31H43NO8S. The molecule has 2 N–H and O–H groups in total. The van der Waals surface area contributed by atoms with E-state index in [1.165, 1.54) is 88.5 Å². The van der Waals surface area contributed by atoms with Crippen LogP contribution in [0.5, 0.6) is 5.75 Å². The van der Waals surface area contributed by atoms with Crippen LogP contribution in [0.3, 0.4) is 0 Å². The molecule has 9 nitrogen and oxygen atoms in total. The molecule has 0 amide bonds. The Kier molecular flexibility index (Phi) is 15.1. The first-order valence-corrected chi connectivity index (χ1v) is 15.8. The zero-order valence-corrected chi connectivity index (χ0v) is 24.9. The number of esters is 1. The Hall–Kier alpha value is -3.24. The van der Waals surface area contributed by atoms with Gasteiger partial charge in [0.25, 0.3) is 10.1 Å². The van der Waals surface area contributed by atoms with Gasteiger partial charge in [-0.05, 0) is 42.3 Å². The standard InChI is InChI=1S/C31H43NO8S/c1-3-4-5-6-7-8-9-10-11-12-21-40-28-20-19-26(32-27(28)17-14-18-30(33)34)23-29(41(36,37)38)24-15-13-16-25(22-24)31(35)39-2/h13-17,19-20,22,29H,3-12,18,21,23H2,1-2H3,(H,33,34)(H,36,37,38)/b17-14+. The predicted octanol–water partition coefficient (Wildman–Crippen LogP) is 6.83. The fourth-order valence-electron chi connectivity index (χ4n) is 4.47. The maximum absolute atomic E-state index is 12.3. The first-order chi connectivity index (χ1) is 19.7. The van der Waals surface area contributed by atoms with Crippen LogP contribution in [-0.4, -0.2) is 48.7 Å². The molecule has 1 unspecified atom stereocenters. The van der Waals surface area contributed by atoms with Gasteiger partial charge in [0.1, 0.15) is 16.7 Å². The second kappa shape index (κ2) is 18.2. The van der Waals surface area contributed by atoms with E-state index in [9.17, 15) is 22.6 Å². The molecule has 41 heavy (non-hydrogen) atoms. The van der Waals surface area contributed by atoms with E-state index in [-0.39, 0.29) is 24.0 Å². The summed E-state index contributed by atoms with van der Waals surface area (Å²) < 4.78 is 45.3. The van der Waals surface area contributed by atoms with Crippen LogP contribution >= 0.6 is 0 Å². The number of pyridine rings is 1. The van der Waals surface area contributed by atoms with Crippen molar-refractivity contribution in [2.45, 2.75) is 89.2 Å². The summed E-state index contributed by atoms with van der Waals surface area (Å²) in [7, 11) is -3.35. The molecule has 2 rings (SSSR count). The molecule has 0 aliphatic carbocycles. The minimum absolute atomic E-state index is 0.152. The van der Waals surface area contributed by atoms with E-state index in [4.69, 9.17) is 14.6 Å². The molecule has 0 radical (unpaired) electrons. The number of carbonyl (C=O) groups is 2. The minimum atomic E-state index is -4.57. The fraction of sp³-hybridized carbons (Fsp3) is 0.516. The Balaban J connectivity index is 2.08. The number of aliphatic carboxylic acids is 1. The monoisotopic (exact) mass is 589 g/mol. The lowest BCUT2D eigenvalue weighted by molar-refractivity contribution is -0.136. The van der Waals surface area contributed by atoms with E-state index in [1.54, 1.807) is 12.1 Å². The van der Waals surface area contributed by atoms with Crippen LogP contribution < -0.4 is 4.74 Å². The minimum Gasteiger partial charge on any atom is -0.491 e. The summed E-state index contributed by atoms with van der Waals surface area (Å²) >= 11 is 0. The quantitative estimate of drug-likeness (QED) is 0.0966. The number of benzene rings is 1. The third-order valence-corrected chi connectivity index (χ3v) is 7.86. The molecule has 0 aliphatic rings. The average molecular weight is 590 g/mol. The van der Waals surface area contributed by atoms with Crippen molar-refractivity contribution < 1.29 is 37.1 Å². The molecule has 2 aromatic rings. The van der Waals surface area contributed by atoms with Gasteiger partial charge in [0.2, 0.25) is 0 Å². The first kappa shape index (κ1) is 34.0. The number of hydrogen-bond acceptors (Lipinski definition) is 7. The Morgan fingerprint density at radius 2 is 1.63 bits per heavy atom. The number of aromatic nitrogens is 1. The van der Waals surface area contributed by atoms with Crippen molar-refractivity contribution in [1.29, 1.82) is 0 Å². The van der Waals surface area contributed by atoms with Crippen molar-refractivity contribution in [3.8, 4) is 5.75 Å². The van der Waals surface area contributed by atoms with Crippen molar-refractivity contribution in [2.24, 2.45) is 0 Å². The Labute approximate surface area is 243 Å². The summed E-state index contributed by atoms with van der Waals surface area (Å²) in [5.74, 6) is -1.17. The maximum Gasteiger partial charge on any atom is 0.337 e. The molecule has 1 atom stereocenters. The van der Waals surface area contributed by atoms with Crippen molar-refractivity contribution in [3.05, 3.63) is 65.0 Å². The van der Waals surface area contributed by atoms with Gasteiger partial charge in [0, 0.05) is 12.1 Å². The van der Waals surface area contributed by atoms with E-state index in [1.807, 2.05) is 0 Å². The van der Waals surface area contributed by atoms with Crippen LogP contribution in [0.25, 0.3) is 6.08 Å². The van der Waals surface area contributed by atoms with Gasteiger partial charge in [0.15, 0.2) is 0 Å². The van der Waals surface area contributed by atoms with Gasteiger partial charge in [-0.1, -0.05) is 82.9 Å². The molecule has 0 saturated carbocycles. The highest BCUT2D eigenvalue weighted by Crippen LogP contribution is 2.28. The Bertz CT molecular complexity index is 1240. The molecule has 0 fully saturated rings. The Morgan fingerprint density at radius 3 is 2.24 bits per heavy atom. The summed E-state index contributed by atoms with van der Waals surface area (Å²) in [5.41, 5.74) is 1.08. The number of ether oxygens (including phenoxy) is 2. The lowest BCUT2D eigenvalue weighted by atomic mass is 10.0. The first-order valence-electron chi connectivity index (χ1n) is 14.3. The number of rotatable bonds is 20. The van der Waals surface area contributed by atoms with E-state index in [0.29, 0.717) is 23.7 Å². The second-order valence-electron chi connectivity index (χ2n) is 10.0. The highest BCUT2D eigenvalue weighted by atomic mass is 32.2. The average Bonchev–Trinajstić information content (AvgIpc) is 2.94. The van der Waals surface area contributed by atoms with E-state index < -0.39 is 27.3 Å². The van der Waals surface area contributed by atoms with Crippen LogP contribution in [0.15, 0.2) is 42.5 Å². The third kappa shape index (κ3) is 12.9. The van der Waals surface area contributed by atoms with Gasteiger partial charge >= 0.3 is 11.9 Å². The topological polar surface area (TPSA) is 140 Å². The molecule has 0 saturated heterocycles. The zero-order chi connectivity index (χ0) is 30.1. The summed E-state index contributed by atoms with van der Waals surface area (Å²) in [6.07, 6.45) is 14.6. The summed E-state index contributed by atoms with van der Waals surface area (Å²) in [5, 5.41) is 7.63. The van der Waals surface area contributed by atoms with E-state index in [2.05, 4.69) is 11.9 Å². The molecule has 0 bridgehead atoms. The molecule has 1 aromatic heterocycles. The molecule has 0 aliphatic heterocycles. The normalized spacial score (nSPS) is 12.4. The molecule has 1 aromatic carbocycles. The van der Waals surface area contributed by atoms with Crippen molar-refractivity contribution >= 4 is 28.1 Å². The fourth-order valence-corrected chi connectivity index (χ4v) is 5.34. The number of hydrogen-bond donors (Lipinski definition) is 2. The largest absolute Gasteiger partial charge is 0.491 e. The van der Waals surface area contributed by atoms with Crippen molar-refractivity contribution in [2.75, 3.05) is 13.7 Å². The van der Waals surface area contributed by atoms with Crippen molar-refractivity contribution in [1.82, 2.24) is 4.98 Å². The molecular weight excluding hydrogens is 546 g/mol. The van der Waals surface area contributed by atoms with Crippen LogP contribution in [-0.2, 0) is 26.1 Å². The lowest BCUT2D eigenvalue weighted by Gasteiger charge is -2.16. The van der Waals surface area contributed by atoms with Gasteiger partial charge in [-0.15, -0.1) is 0 Å². The summed E-state index contributed by atoms with van der Waals surface area (Å²) in [6, 6.07) is 9.15. The molecule has 0 spiro atoms. The van der Waals surface area contributed by atoms with Gasteiger partial charge in [-0.25, -0.2) is 9.78 Å². The maximum atomic E-state index is 12.3. The smallest absolute Gasteiger partial charge is 0.337 e. The van der Waals surface area contributed by atoms with Crippen molar-refractivity contribution in [3.63, 3.8) is 0 Å². The molecule has 10 heteroatoms. The highest BCUT2D eigenvalue weighted by Gasteiger charge is 2.27. The summed E-state index contributed by atoms with van der Waals surface area (Å²) in [6.45, 7) is 2.70. The zero-order valence-electron chi connectivity index (χ0n) is 24.1. The number of methoxy groups -OCH3 is 1. The number of carboxylic acid groups (broad SMARTS) is 1. The number of nitrogens with zero attached hydrogens (tertiary/aromatic N) is 1. The van der Waals surface area contributed by atoms with Gasteiger partial charge < -0.3 is 14.6 Å². The van der Waals surface area contributed by atoms with E-state index >= 15 is 0 Å². The van der Waals surface area contributed by atoms with Gasteiger partial charge in [0.05, 0.1) is 25.7 Å². The van der Waals surface area contributed by atoms with Crippen LogP contribution in [0.1, 0.15) is 110 Å². The predicted molar refractivity (Wildman–Crippen MR) is 159 cm³/mol. The number of carbonyl (C=O) groups excluding carboxylic acids is 1. The number of unbranched alkanes of at least 4 members (excludes halogenated alkanes) is 9. The third-order valence-electron chi connectivity index (χ3n) is 6.70. The van der Waals surface area contributed by atoms with E-state index in [0.717, 1.165) is 19.3 Å². The second-order valence-corrected chi connectivity index (χ2v) is 11.6. The Morgan fingerprint density at radius 1 is 0.976 bits per heavy atom. The highest BCUT2D eigenvalue weighted by molar-refractivity contribution is 7.86. The number of carboxylic acids is 1. The van der Waals surface area contributed by atoms with Gasteiger partial charge in [-0.3, -0.25) is 9.35 Å². The molecule has 1 heterocycles. The SMILES string of the molecule is CCCCCCCCCCCCOc1ccc(CC(c2cccc(C(=O)OC)c2)S(=O)(=O)O)nc1/C=C/CC(=O)O.